The number of methoxy groups -OCH3 is 1. The number of aromatic nitrogens is 3. The maximum absolute atomic E-state index is 5.66. The Morgan fingerprint density at radius 3 is 2.62 bits per heavy atom. The van der Waals surface area contributed by atoms with Crippen LogP contribution >= 0.6 is 11.6 Å². The van der Waals surface area contributed by atoms with Gasteiger partial charge in [0.15, 0.2) is 0 Å². The van der Waals surface area contributed by atoms with Crippen LogP contribution in [0, 0.1) is 0 Å². The normalized spacial score (nSPS) is 9.85. The standard InChI is InChI=1S/C7H11ClN4O/c1-4-12(2)6-9-5(8)10-7(11-6)13-3/h4H2,1-3H3. The van der Waals surface area contributed by atoms with E-state index in [2.05, 4.69) is 15.0 Å². The third kappa shape index (κ3) is 2.42. The third-order valence-electron chi connectivity index (χ3n) is 1.57. The summed E-state index contributed by atoms with van der Waals surface area (Å²) >= 11 is 5.66. The first kappa shape index (κ1) is 9.98. The molecular formula is C7H11ClN4O. The molecule has 0 aromatic carbocycles. The molecule has 5 nitrogen and oxygen atoms in total. The molecule has 0 bridgehead atoms. The van der Waals surface area contributed by atoms with Crippen molar-refractivity contribution >= 4 is 17.5 Å². The van der Waals surface area contributed by atoms with Gasteiger partial charge < -0.3 is 9.64 Å². The summed E-state index contributed by atoms with van der Waals surface area (Å²) in [7, 11) is 3.35. The molecule has 1 rings (SSSR count). The number of rotatable bonds is 3. The molecule has 1 heterocycles. The van der Waals surface area contributed by atoms with E-state index in [1.54, 1.807) is 0 Å². The van der Waals surface area contributed by atoms with Crippen molar-refractivity contribution in [1.29, 1.82) is 0 Å². The van der Waals surface area contributed by atoms with Gasteiger partial charge in [-0.3, -0.25) is 0 Å². The first-order chi connectivity index (χ1) is 6.17. The minimum absolute atomic E-state index is 0.141. The summed E-state index contributed by atoms with van der Waals surface area (Å²) in [6.07, 6.45) is 0. The molecule has 0 atom stereocenters. The molecule has 0 aliphatic carbocycles. The highest BCUT2D eigenvalue weighted by atomic mass is 35.5. The Bertz CT molecular complexity index is 294. The minimum Gasteiger partial charge on any atom is -0.467 e. The van der Waals surface area contributed by atoms with Crippen LogP contribution in [0.3, 0.4) is 0 Å². The summed E-state index contributed by atoms with van der Waals surface area (Å²) in [6, 6.07) is 0.232. The molecule has 0 saturated heterocycles. The van der Waals surface area contributed by atoms with Gasteiger partial charge in [0, 0.05) is 13.6 Å². The second kappa shape index (κ2) is 4.23. The number of hydrogen-bond donors (Lipinski definition) is 0. The first-order valence-electron chi connectivity index (χ1n) is 3.84. The highest BCUT2D eigenvalue weighted by Gasteiger charge is 2.07. The topological polar surface area (TPSA) is 51.1 Å². The molecule has 0 unspecified atom stereocenters. The number of ether oxygens (including phenoxy) is 1. The summed E-state index contributed by atoms with van der Waals surface area (Å²) in [4.78, 5) is 13.6. The molecule has 1 aromatic heterocycles. The molecule has 0 fully saturated rings. The van der Waals surface area contributed by atoms with E-state index in [9.17, 15) is 0 Å². The maximum Gasteiger partial charge on any atom is 0.322 e. The van der Waals surface area contributed by atoms with E-state index >= 15 is 0 Å². The summed E-state index contributed by atoms with van der Waals surface area (Å²) in [5, 5.41) is 0.141. The van der Waals surface area contributed by atoms with Crippen molar-refractivity contribution in [3.05, 3.63) is 5.28 Å². The number of nitrogens with zero attached hydrogens (tertiary/aromatic N) is 4. The van der Waals surface area contributed by atoms with Crippen LogP contribution < -0.4 is 9.64 Å². The molecule has 0 spiro atoms. The van der Waals surface area contributed by atoms with Gasteiger partial charge in [0.2, 0.25) is 11.2 Å². The largest absolute Gasteiger partial charge is 0.467 e. The van der Waals surface area contributed by atoms with Crippen LogP contribution in [0.5, 0.6) is 6.01 Å². The van der Waals surface area contributed by atoms with E-state index in [1.165, 1.54) is 7.11 Å². The quantitative estimate of drug-likeness (QED) is 0.732. The van der Waals surface area contributed by atoms with Crippen LogP contribution in [0.4, 0.5) is 5.95 Å². The molecule has 6 heteroatoms. The highest BCUT2D eigenvalue weighted by molar-refractivity contribution is 6.28. The van der Waals surface area contributed by atoms with Gasteiger partial charge in [-0.25, -0.2) is 0 Å². The maximum atomic E-state index is 5.66. The summed E-state index contributed by atoms with van der Waals surface area (Å²) < 4.78 is 4.86. The van der Waals surface area contributed by atoms with Gasteiger partial charge >= 0.3 is 6.01 Å². The lowest BCUT2D eigenvalue weighted by molar-refractivity contribution is 0.378. The van der Waals surface area contributed by atoms with Crippen molar-refractivity contribution in [3.8, 4) is 6.01 Å². The zero-order chi connectivity index (χ0) is 9.84. The Morgan fingerprint density at radius 2 is 2.08 bits per heavy atom. The van der Waals surface area contributed by atoms with Crippen LogP contribution in [0.25, 0.3) is 0 Å². The van der Waals surface area contributed by atoms with Crippen LogP contribution in [0.2, 0.25) is 5.28 Å². The Hall–Kier alpha value is -1.10. The van der Waals surface area contributed by atoms with Gasteiger partial charge in [0.05, 0.1) is 7.11 Å². The molecule has 0 radical (unpaired) electrons. The molecule has 0 aliphatic heterocycles. The second-order valence-corrected chi connectivity index (χ2v) is 2.74. The zero-order valence-corrected chi connectivity index (χ0v) is 8.54. The molecule has 1 aromatic rings. The molecule has 13 heavy (non-hydrogen) atoms. The number of hydrogen-bond acceptors (Lipinski definition) is 5. The van der Waals surface area contributed by atoms with E-state index in [-0.39, 0.29) is 11.3 Å². The smallest absolute Gasteiger partial charge is 0.322 e. The number of halogens is 1. The fourth-order valence-corrected chi connectivity index (χ4v) is 0.873. The van der Waals surface area contributed by atoms with Crippen molar-refractivity contribution in [2.45, 2.75) is 6.92 Å². The van der Waals surface area contributed by atoms with Crippen LogP contribution in [-0.2, 0) is 0 Å². The summed E-state index contributed by atoms with van der Waals surface area (Å²) in [5.74, 6) is 0.513. The van der Waals surface area contributed by atoms with Crippen LogP contribution in [-0.4, -0.2) is 35.7 Å². The highest BCUT2D eigenvalue weighted by Crippen LogP contribution is 2.12. The fourth-order valence-electron chi connectivity index (χ4n) is 0.725. The Morgan fingerprint density at radius 1 is 1.38 bits per heavy atom. The van der Waals surface area contributed by atoms with Crippen molar-refractivity contribution < 1.29 is 4.74 Å². The van der Waals surface area contributed by atoms with Crippen LogP contribution in [0.1, 0.15) is 6.92 Å². The third-order valence-corrected chi connectivity index (χ3v) is 1.74. The van der Waals surface area contributed by atoms with Gasteiger partial charge in [0.25, 0.3) is 0 Å². The van der Waals surface area contributed by atoms with Gasteiger partial charge in [-0.1, -0.05) is 0 Å². The summed E-state index contributed by atoms with van der Waals surface area (Å²) in [6.45, 7) is 2.79. The molecular weight excluding hydrogens is 192 g/mol. The van der Waals surface area contributed by atoms with Crippen molar-refractivity contribution in [1.82, 2.24) is 15.0 Å². The van der Waals surface area contributed by atoms with E-state index in [4.69, 9.17) is 16.3 Å². The molecule has 0 saturated carbocycles. The predicted octanol–water partition coefficient (Wildman–Crippen LogP) is 0.990. The van der Waals surface area contributed by atoms with Crippen LogP contribution in [0.15, 0.2) is 0 Å². The van der Waals surface area contributed by atoms with Gasteiger partial charge in [-0.15, -0.1) is 0 Å². The van der Waals surface area contributed by atoms with Crippen molar-refractivity contribution in [3.63, 3.8) is 0 Å². The van der Waals surface area contributed by atoms with E-state index in [1.807, 2.05) is 18.9 Å². The SMILES string of the molecule is CCN(C)c1nc(Cl)nc(OC)n1. The Labute approximate surface area is 81.7 Å². The average molecular weight is 203 g/mol. The molecule has 0 amide bonds. The molecule has 0 aliphatic rings. The predicted molar refractivity (Wildman–Crippen MR) is 50.3 cm³/mol. The Kier molecular flexibility index (Phi) is 3.25. The lowest BCUT2D eigenvalue weighted by Gasteiger charge is -2.13. The van der Waals surface area contributed by atoms with E-state index < -0.39 is 0 Å². The van der Waals surface area contributed by atoms with Crippen molar-refractivity contribution in [2.75, 3.05) is 25.6 Å². The lowest BCUT2D eigenvalue weighted by atomic mass is 10.6. The van der Waals surface area contributed by atoms with E-state index in [0.29, 0.717) is 5.95 Å². The first-order valence-corrected chi connectivity index (χ1v) is 4.22. The summed E-state index contributed by atoms with van der Waals surface area (Å²) in [5.41, 5.74) is 0. The minimum atomic E-state index is 0.141. The number of anilines is 1. The fraction of sp³-hybridized carbons (Fsp3) is 0.571. The Balaban J connectivity index is 3.01. The van der Waals surface area contributed by atoms with E-state index in [0.717, 1.165) is 6.54 Å². The van der Waals surface area contributed by atoms with Gasteiger partial charge in [-0.05, 0) is 18.5 Å². The molecule has 72 valence electrons. The monoisotopic (exact) mass is 202 g/mol. The van der Waals surface area contributed by atoms with Gasteiger partial charge in [0.1, 0.15) is 0 Å². The lowest BCUT2D eigenvalue weighted by Crippen LogP contribution is -2.19. The second-order valence-electron chi connectivity index (χ2n) is 2.41. The average Bonchev–Trinajstić information content (AvgIpc) is 2.15. The zero-order valence-electron chi connectivity index (χ0n) is 7.78. The van der Waals surface area contributed by atoms with Gasteiger partial charge in [-0.2, -0.15) is 15.0 Å². The molecule has 0 N–H and O–H groups in total. The van der Waals surface area contributed by atoms with Crippen molar-refractivity contribution in [2.24, 2.45) is 0 Å².